The van der Waals surface area contributed by atoms with Gasteiger partial charge in [0.2, 0.25) is 17.7 Å². The van der Waals surface area contributed by atoms with Crippen molar-refractivity contribution in [2.45, 2.75) is 63.1 Å². The molecule has 1 aliphatic heterocycles. The normalized spacial score (nSPS) is 21.9. The van der Waals surface area contributed by atoms with E-state index < -0.39 is 42.0 Å². The minimum Gasteiger partial charge on any atom is -0.467 e. The number of ether oxygens (including phenoxy) is 1. The Balaban J connectivity index is 1.80. The molecule has 1 spiro atoms. The van der Waals surface area contributed by atoms with Crippen LogP contribution in [0.1, 0.15) is 44.6 Å². The summed E-state index contributed by atoms with van der Waals surface area (Å²) in [6.07, 6.45) is 4.55. The van der Waals surface area contributed by atoms with Crippen LogP contribution in [0.15, 0.2) is 30.3 Å². The Bertz CT molecular complexity index is 804. The van der Waals surface area contributed by atoms with E-state index in [1.54, 1.807) is 0 Å². The zero-order chi connectivity index (χ0) is 21.7. The summed E-state index contributed by atoms with van der Waals surface area (Å²) in [5, 5.41) is 5.84. The van der Waals surface area contributed by atoms with Gasteiger partial charge in [-0.05, 0) is 31.7 Å². The summed E-state index contributed by atoms with van der Waals surface area (Å²) in [5.74, 6) is -1.92. The Kier molecular flexibility index (Phi) is 6.87. The van der Waals surface area contributed by atoms with Gasteiger partial charge in [-0.15, -0.1) is 0 Å². The molecular formula is C22H29N3O5. The maximum absolute atomic E-state index is 13.3. The molecular weight excluding hydrogens is 386 g/mol. The van der Waals surface area contributed by atoms with Gasteiger partial charge in [0.05, 0.1) is 18.7 Å². The van der Waals surface area contributed by atoms with Gasteiger partial charge >= 0.3 is 5.97 Å². The minimum absolute atomic E-state index is 0.350. The molecule has 8 nitrogen and oxygen atoms in total. The Morgan fingerprint density at radius 1 is 1.20 bits per heavy atom. The first-order chi connectivity index (χ1) is 14.4. The van der Waals surface area contributed by atoms with Crippen LogP contribution in [0.2, 0.25) is 0 Å². The van der Waals surface area contributed by atoms with Gasteiger partial charge in [0.15, 0.2) is 0 Å². The van der Waals surface area contributed by atoms with Crippen LogP contribution in [0.3, 0.4) is 0 Å². The van der Waals surface area contributed by atoms with Crippen LogP contribution in [-0.2, 0) is 30.3 Å². The van der Waals surface area contributed by atoms with Crippen molar-refractivity contribution in [3.63, 3.8) is 0 Å². The molecule has 1 heterocycles. The zero-order valence-corrected chi connectivity index (χ0v) is 17.5. The van der Waals surface area contributed by atoms with Crippen LogP contribution >= 0.6 is 0 Å². The molecule has 3 amide bonds. The number of carbonyl (C=O) groups is 4. The largest absolute Gasteiger partial charge is 0.467 e. The van der Waals surface area contributed by atoms with Gasteiger partial charge in [0.25, 0.3) is 0 Å². The number of hydrogen-bond donors (Lipinski definition) is 2. The molecule has 30 heavy (non-hydrogen) atoms. The molecule has 2 fully saturated rings. The van der Waals surface area contributed by atoms with Crippen molar-refractivity contribution in [1.82, 2.24) is 15.5 Å². The van der Waals surface area contributed by atoms with E-state index in [0.717, 1.165) is 29.7 Å². The number of methoxy groups -OCH3 is 1. The second-order valence-corrected chi connectivity index (χ2v) is 8.07. The number of imide groups is 1. The van der Waals surface area contributed by atoms with Gasteiger partial charge in [0.1, 0.15) is 12.6 Å². The van der Waals surface area contributed by atoms with Crippen molar-refractivity contribution in [3.05, 3.63) is 35.9 Å². The summed E-state index contributed by atoms with van der Waals surface area (Å²) in [4.78, 5) is 51.6. The van der Waals surface area contributed by atoms with Crippen molar-refractivity contribution in [3.8, 4) is 0 Å². The third-order valence-corrected chi connectivity index (χ3v) is 5.89. The highest BCUT2D eigenvalue weighted by molar-refractivity contribution is 6.07. The number of carbonyl (C=O) groups excluding carboxylic acids is 4. The summed E-state index contributed by atoms with van der Waals surface area (Å²) < 4.78 is 4.61. The molecule has 0 radical (unpaired) electrons. The topological polar surface area (TPSA) is 105 Å². The summed E-state index contributed by atoms with van der Waals surface area (Å²) in [7, 11) is 1.23. The molecule has 0 aromatic heterocycles. The van der Waals surface area contributed by atoms with E-state index in [-0.39, 0.29) is 5.91 Å². The van der Waals surface area contributed by atoms with E-state index in [9.17, 15) is 19.2 Å². The number of nitrogens with zero attached hydrogens (tertiary/aromatic N) is 1. The van der Waals surface area contributed by atoms with Gasteiger partial charge in [-0.25, -0.2) is 4.79 Å². The predicted octanol–water partition coefficient (Wildman–Crippen LogP) is 0.937. The van der Waals surface area contributed by atoms with E-state index >= 15 is 0 Å². The molecule has 2 aliphatic rings. The monoisotopic (exact) mass is 415 g/mol. The first-order valence-corrected chi connectivity index (χ1v) is 10.4. The zero-order valence-electron chi connectivity index (χ0n) is 17.5. The van der Waals surface area contributed by atoms with E-state index in [2.05, 4.69) is 15.4 Å². The Morgan fingerprint density at radius 3 is 2.50 bits per heavy atom. The Morgan fingerprint density at radius 2 is 1.87 bits per heavy atom. The molecule has 2 atom stereocenters. The summed E-state index contributed by atoms with van der Waals surface area (Å²) in [5.41, 5.74) is 0.159. The van der Waals surface area contributed by atoms with E-state index in [1.807, 2.05) is 30.3 Å². The fraction of sp³-hybridized carbons (Fsp3) is 0.545. The van der Waals surface area contributed by atoms with Gasteiger partial charge < -0.3 is 10.1 Å². The average Bonchev–Trinajstić information content (AvgIpc) is 2.76. The van der Waals surface area contributed by atoms with Crippen molar-refractivity contribution in [2.75, 3.05) is 13.7 Å². The molecule has 3 rings (SSSR count). The molecule has 1 saturated heterocycles. The average molecular weight is 415 g/mol. The van der Waals surface area contributed by atoms with E-state index in [4.69, 9.17) is 0 Å². The van der Waals surface area contributed by atoms with Crippen LogP contribution in [0.5, 0.6) is 0 Å². The van der Waals surface area contributed by atoms with Gasteiger partial charge in [-0.1, -0.05) is 49.6 Å². The predicted molar refractivity (Wildman–Crippen MR) is 109 cm³/mol. The van der Waals surface area contributed by atoms with Crippen LogP contribution in [0.25, 0.3) is 0 Å². The molecule has 1 aromatic rings. The number of esters is 1. The molecule has 2 N–H and O–H groups in total. The number of amides is 3. The number of rotatable bonds is 6. The lowest BCUT2D eigenvalue weighted by Gasteiger charge is -2.46. The molecule has 1 saturated carbocycles. The van der Waals surface area contributed by atoms with Gasteiger partial charge in [-0.2, -0.15) is 0 Å². The number of piperazine rings is 1. The quantitative estimate of drug-likeness (QED) is 0.529. The SMILES string of the molecule is COC(=O)[C@H](C)NC(=O)CN1C(=O)[C@H](Cc2ccccc2)NC2(CCCCC2)C1=O. The lowest BCUT2D eigenvalue weighted by atomic mass is 9.77. The van der Waals surface area contributed by atoms with Crippen molar-refractivity contribution in [1.29, 1.82) is 0 Å². The Labute approximate surface area is 176 Å². The van der Waals surface area contributed by atoms with Gasteiger partial charge in [-0.3, -0.25) is 24.6 Å². The third kappa shape index (κ3) is 4.70. The maximum atomic E-state index is 13.3. The summed E-state index contributed by atoms with van der Waals surface area (Å²) >= 11 is 0. The van der Waals surface area contributed by atoms with Crippen molar-refractivity contribution < 1.29 is 23.9 Å². The smallest absolute Gasteiger partial charge is 0.328 e. The fourth-order valence-corrected chi connectivity index (χ4v) is 4.32. The second kappa shape index (κ2) is 9.38. The molecule has 0 bridgehead atoms. The molecule has 1 aliphatic carbocycles. The van der Waals surface area contributed by atoms with Crippen LogP contribution < -0.4 is 10.6 Å². The van der Waals surface area contributed by atoms with E-state index in [0.29, 0.717) is 19.3 Å². The second-order valence-electron chi connectivity index (χ2n) is 8.07. The third-order valence-electron chi connectivity index (χ3n) is 5.89. The molecule has 8 heteroatoms. The first kappa shape index (κ1) is 22.0. The van der Waals surface area contributed by atoms with Crippen molar-refractivity contribution in [2.24, 2.45) is 0 Å². The summed E-state index contributed by atoms with van der Waals surface area (Å²) in [6, 6.07) is 8.15. The van der Waals surface area contributed by atoms with Gasteiger partial charge in [0, 0.05) is 0 Å². The number of benzene rings is 1. The molecule has 1 aromatic carbocycles. The van der Waals surface area contributed by atoms with Crippen LogP contribution in [0, 0.1) is 0 Å². The maximum Gasteiger partial charge on any atom is 0.328 e. The standard InChI is InChI=1S/C22H29N3O5/c1-15(20(28)30-2)23-18(26)14-25-19(27)17(13-16-9-5-3-6-10-16)24-22(21(25)29)11-7-4-8-12-22/h3,5-6,9-10,15,17,24H,4,7-8,11-14H2,1-2H3,(H,23,26)/t15-,17-/m0/s1. The summed E-state index contributed by atoms with van der Waals surface area (Å²) in [6.45, 7) is 1.08. The van der Waals surface area contributed by atoms with Crippen molar-refractivity contribution >= 4 is 23.7 Å². The number of nitrogens with one attached hydrogen (secondary N) is 2. The Hall–Kier alpha value is -2.74. The molecule has 162 valence electrons. The molecule has 0 unspecified atom stereocenters. The first-order valence-electron chi connectivity index (χ1n) is 10.4. The van der Waals surface area contributed by atoms with Crippen LogP contribution in [-0.4, -0.2) is 59.9 Å². The highest BCUT2D eigenvalue weighted by Gasteiger charge is 2.51. The van der Waals surface area contributed by atoms with Crippen LogP contribution in [0.4, 0.5) is 0 Å². The lowest BCUT2D eigenvalue weighted by molar-refractivity contribution is -0.160. The lowest BCUT2D eigenvalue weighted by Crippen LogP contribution is -2.72. The minimum atomic E-state index is -0.862. The fourth-order valence-electron chi connectivity index (χ4n) is 4.32. The number of hydrogen-bond acceptors (Lipinski definition) is 6. The van der Waals surface area contributed by atoms with E-state index in [1.165, 1.54) is 14.0 Å². The highest BCUT2D eigenvalue weighted by atomic mass is 16.5. The highest BCUT2D eigenvalue weighted by Crippen LogP contribution is 2.33.